The highest BCUT2D eigenvalue weighted by atomic mass is 32.1. The van der Waals surface area contributed by atoms with E-state index in [2.05, 4.69) is 65.4 Å². The van der Waals surface area contributed by atoms with E-state index in [4.69, 9.17) is 0 Å². The zero-order valence-electron chi connectivity index (χ0n) is 15.9. The fourth-order valence-corrected chi connectivity index (χ4v) is 3.93. The Kier molecular flexibility index (Phi) is 6.40. The van der Waals surface area contributed by atoms with Crippen LogP contribution in [0.1, 0.15) is 18.4 Å². The third kappa shape index (κ3) is 5.13. The fraction of sp³-hybridized carbons (Fsp3) is 0.500. The van der Waals surface area contributed by atoms with Gasteiger partial charge < -0.3 is 15.1 Å². The molecule has 2 aromatic rings. The summed E-state index contributed by atoms with van der Waals surface area (Å²) in [6, 6.07) is 8.30. The molecule has 1 amide bonds. The Morgan fingerprint density at radius 3 is 2.85 bits per heavy atom. The maximum Gasteiger partial charge on any atom is 0.230 e. The third-order valence-corrected chi connectivity index (χ3v) is 5.58. The Labute approximate surface area is 160 Å². The lowest BCUT2D eigenvalue weighted by Crippen LogP contribution is -2.43. The first-order valence-corrected chi connectivity index (χ1v) is 10.1. The van der Waals surface area contributed by atoms with E-state index >= 15 is 0 Å². The van der Waals surface area contributed by atoms with E-state index in [0.717, 1.165) is 50.3 Å². The van der Waals surface area contributed by atoms with Crippen molar-refractivity contribution < 1.29 is 4.79 Å². The number of nitrogens with zero attached hydrogens (tertiary/aromatic N) is 3. The molecule has 1 unspecified atom stereocenters. The summed E-state index contributed by atoms with van der Waals surface area (Å²) in [5.41, 5.74) is 3.23. The number of aryl methyl sites for hydroxylation is 1. The van der Waals surface area contributed by atoms with Crippen molar-refractivity contribution in [2.24, 2.45) is 5.92 Å². The lowest BCUT2D eigenvalue weighted by molar-refractivity contribution is -0.121. The van der Waals surface area contributed by atoms with Crippen LogP contribution in [0.15, 0.2) is 29.6 Å². The number of likely N-dealkylation sites (N-methyl/N-ethyl adjacent to an activating group) is 1. The summed E-state index contributed by atoms with van der Waals surface area (Å²) in [4.78, 5) is 21.8. The zero-order chi connectivity index (χ0) is 18.5. The Bertz CT molecular complexity index is 726. The van der Waals surface area contributed by atoms with Crippen LogP contribution in [0.5, 0.6) is 0 Å². The average Bonchev–Trinajstić information content (AvgIpc) is 3.09. The molecule has 0 saturated carbocycles. The number of piperidine rings is 1. The van der Waals surface area contributed by atoms with Gasteiger partial charge in [-0.25, -0.2) is 4.98 Å². The van der Waals surface area contributed by atoms with E-state index in [1.807, 2.05) is 5.38 Å². The molecule has 1 aromatic carbocycles. The van der Waals surface area contributed by atoms with Crippen LogP contribution >= 0.6 is 11.3 Å². The Morgan fingerprint density at radius 1 is 1.35 bits per heavy atom. The predicted octanol–water partition coefficient (Wildman–Crippen LogP) is 3.33. The van der Waals surface area contributed by atoms with E-state index in [-0.39, 0.29) is 11.8 Å². The van der Waals surface area contributed by atoms with Gasteiger partial charge in [0.2, 0.25) is 5.91 Å². The van der Waals surface area contributed by atoms with Crippen molar-refractivity contribution >= 4 is 22.4 Å². The topological polar surface area (TPSA) is 48.5 Å². The van der Waals surface area contributed by atoms with E-state index in [9.17, 15) is 4.79 Å². The molecule has 5 nitrogen and oxygen atoms in total. The van der Waals surface area contributed by atoms with Crippen LogP contribution in [0.2, 0.25) is 0 Å². The number of hydrogen-bond acceptors (Lipinski definition) is 5. The minimum Gasteiger partial charge on any atom is -0.308 e. The lowest BCUT2D eigenvalue weighted by atomic mass is 9.97. The minimum absolute atomic E-state index is 0.0534. The Balaban J connectivity index is 1.57. The number of rotatable bonds is 6. The number of likely N-dealkylation sites (tertiary alicyclic amines) is 1. The van der Waals surface area contributed by atoms with Gasteiger partial charge >= 0.3 is 0 Å². The average molecular weight is 373 g/mol. The normalized spacial score (nSPS) is 18.2. The Hall–Kier alpha value is -1.76. The van der Waals surface area contributed by atoms with E-state index in [1.54, 1.807) is 0 Å². The first kappa shape index (κ1) is 19.0. The summed E-state index contributed by atoms with van der Waals surface area (Å²) < 4.78 is 0. The summed E-state index contributed by atoms with van der Waals surface area (Å²) in [7, 11) is 4.17. The van der Waals surface area contributed by atoms with Crippen LogP contribution in [0.4, 0.5) is 5.13 Å². The molecule has 1 atom stereocenters. The van der Waals surface area contributed by atoms with Gasteiger partial charge in [0.15, 0.2) is 5.13 Å². The standard InChI is InChI=1S/C20H28N4OS/c1-15-6-8-16(9-7-15)18-14-26-20(21-18)22-19(25)17-5-4-10-24(13-17)12-11-23(2)3/h6-9,14,17H,4-5,10-13H2,1-3H3,(H,21,22,25). The number of anilines is 1. The van der Waals surface area contributed by atoms with Crippen LogP contribution in [-0.4, -0.2) is 61.0 Å². The lowest BCUT2D eigenvalue weighted by Gasteiger charge is -2.32. The molecule has 0 bridgehead atoms. The smallest absolute Gasteiger partial charge is 0.230 e. The molecular formula is C20H28N4OS. The van der Waals surface area contributed by atoms with Crippen LogP contribution in [0.25, 0.3) is 11.3 Å². The van der Waals surface area contributed by atoms with Crippen molar-refractivity contribution in [2.75, 3.05) is 45.6 Å². The molecule has 1 N–H and O–H groups in total. The Morgan fingerprint density at radius 2 is 2.12 bits per heavy atom. The highest BCUT2D eigenvalue weighted by molar-refractivity contribution is 7.14. The van der Waals surface area contributed by atoms with Crippen molar-refractivity contribution in [3.05, 3.63) is 35.2 Å². The largest absolute Gasteiger partial charge is 0.308 e. The first-order chi connectivity index (χ1) is 12.5. The summed E-state index contributed by atoms with van der Waals surface area (Å²) >= 11 is 1.49. The van der Waals surface area contributed by atoms with Crippen molar-refractivity contribution in [1.29, 1.82) is 0 Å². The predicted molar refractivity (Wildman–Crippen MR) is 109 cm³/mol. The van der Waals surface area contributed by atoms with Gasteiger partial charge in [0.25, 0.3) is 0 Å². The van der Waals surface area contributed by atoms with Gasteiger partial charge in [-0.15, -0.1) is 11.3 Å². The molecular weight excluding hydrogens is 344 g/mol. The summed E-state index contributed by atoms with van der Waals surface area (Å²) in [5, 5.41) is 5.73. The van der Waals surface area contributed by atoms with E-state index in [0.29, 0.717) is 5.13 Å². The van der Waals surface area contributed by atoms with Gasteiger partial charge in [-0.3, -0.25) is 4.79 Å². The fourth-order valence-electron chi connectivity index (χ4n) is 3.21. The molecule has 0 spiro atoms. The molecule has 140 valence electrons. The van der Waals surface area contributed by atoms with Crippen molar-refractivity contribution in [3.63, 3.8) is 0 Å². The molecule has 1 aliphatic heterocycles. The highest BCUT2D eigenvalue weighted by Crippen LogP contribution is 2.26. The molecule has 3 rings (SSSR count). The summed E-state index contributed by atoms with van der Waals surface area (Å²) in [6.07, 6.45) is 2.04. The van der Waals surface area contributed by atoms with Gasteiger partial charge in [0.1, 0.15) is 0 Å². The second-order valence-electron chi connectivity index (χ2n) is 7.34. The number of hydrogen-bond donors (Lipinski definition) is 1. The van der Waals surface area contributed by atoms with Gasteiger partial charge in [-0.2, -0.15) is 0 Å². The molecule has 6 heteroatoms. The summed E-state index contributed by atoms with van der Waals surface area (Å²) in [6.45, 7) is 6.05. The number of nitrogens with one attached hydrogen (secondary N) is 1. The number of carbonyl (C=O) groups is 1. The number of benzene rings is 1. The van der Waals surface area contributed by atoms with Gasteiger partial charge in [0.05, 0.1) is 11.6 Å². The first-order valence-electron chi connectivity index (χ1n) is 9.22. The monoisotopic (exact) mass is 372 g/mol. The second-order valence-corrected chi connectivity index (χ2v) is 8.19. The molecule has 1 aromatic heterocycles. The van der Waals surface area contributed by atoms with Crippen molar-refractivity contribution in [3.8, 4) is 11.3 Å². The third-order valence-electron chi connectivity index (χ3n) is 4.82. The van der Waals surface area contributed by atoms with E-state index in [1.165, 1.54) is 16.9 Å². The maximum atomic E-state index is 12.7. The van der Waals surface area contributed by atoms with Crippen LogP contribution < -0.4 is 5.32 Å². The number of amides is 1. The van der Waals surface area contributed by atoms with Crippen molar-refractivity contribution in [2.45, 2.75) is 19.8 Å². The molecule has 26 heavy (non-hydrogen) atoms. The number of aromatic nitrogens is 1. The SMILES string of the molecule is Cc1ccc(-c2csc(NC(=O)C3CCCN(CCN(C)C)C3)n2)cc1. The molecule has 2 heterocycles. The second kappa shape index (κ2) is 8.75. The molecule has 0 aliphatic carbocycles. The van der Waals surface area contributed by atoms with Crippen molar-refractivity contribution in [1.82, 2.24) is 14.8 Å². The van der Waals surface area contributed by atoms with Crippen LogP contribution in [-0.2, 0) is 4.79 Å². The number of thiazole rings is 1. The van der Waals surface area contributed by atoms with Crippen LogP contribution in [0.3, 0.4) is 0 Å². The van der Waals surface area contributed by atoms with Gasteiger partial charge in [0, 0.05) is 30.6 Å². The molecule has 1 aliphatic rings. The van der Waals surface area contributed by atoms with Crippen LogP contribution in [0, 0.1) is 12.8 Å². The highest BCUT2D eigenvalue weighted by Gasteiger charge is 2.26. The maximum absolute atomic E-state index is 12.7. The van der Waals surface area contributed by atoms with Gasteiger partial charge in [-0.1, -0.05) is 29.8 Å². The summed E-state index contributed by atoms with van der Waals surface area (Å²) in [5.74, 6) is 0.155. The number of carbonyl (C=O) groups excluding carboxylic acids is 1. The zero-order valence-corrected chi connectivity index (χ0v) is 16.7. The minimum atomic E-state index is 0.0534. The quantitative estimate of drug-likeness (QED) is 0.845. The molecule has 0 radical (unpaired) electrons. The van der Waals surface area contributed by atoms with E-state index < -0.39 is 0 Å². The van der Waals surface area contributed by atoms with Gasteiger partial charge in [-0.05, 0) is 40.4 Å². The molecule has 1 fully saturated rings. The molecule has 1 saturated heterocycles.